The van der Waals surface area contributed by atoms with Crippen molar-refractivity contribution in [3.05, 3.63) is 0 Å². The predicted octanol–water partition coefficient (Wildman–Crippen LogP) is 1.49. The van der Waals surface area contributed by atoms with Crippen molar-refractivity contribution in [3.8, 4) is 0 Å². The van der Waals surface area contributed by atoms with E-state index in [-0.39, 0.29) is 12.4 Å². The standard InChI is InChI=1S/C14H27N3O.ClH/c1-12-9-16(10-13(2)15-12)11-14(18)17-7-5-3-4-6-8-17;/h12-13,15H,3-11H2,1-2H3;1H. The van der Waals surface area contributed by atoms with Gasteiger partial charge in [-0.2, -0.15) is 0 Å². The Labute approximate surface area is 123 Å². The van der Waals surface area contributed by atoms with Gasteiger partial charge >= 0.3 is 0 Å². The topological polar surface area (TPSA) is 35.6 Å². The molecule has 1 N–H and O–H groups in total. The summed E-state index contributed by atoms with van der Waals surface area (Å²) in [7, 11) is 0. The van der Waals surface area contributed by atoms with Crippen LogP contribution in [-0.2, 0) is 4.79 Å². The minimum absolute atomic E-state index is 0. The van der Waals surface area contributed by atoms with Crippen LogP contribution in [0.4, 0.5) is 0 Å². The third kappa shape index (κ3) is 5.28. The number of rotatable bonds is 2. The molecule has 2 fully saturated rings. The molecule has 5 heteroatoms. The molecule has 2 atom stereocenters. The zero-order valence-electron chi connectivity index (χ0n) is 12.2. The van der Waals surface area contributed by atoms with E-state index in [9.17, 15) is 4.79 Å². The minimum atomic E-state index is 0. The number of carbonyl (C=O) groups is 1. The second-order valence-corrected chi connectivity index (χ2v) is 5.96. The first-order valence-electron chi connectivity index (χ1n) is 7.41. The smallest absolute Gasteiger partial charge is 0.236 e. The number of piperazine rings is 1. The molecule has 2 saturated heterocycles. The van der Waals surface area contributed by atoms with Crippen LogP contribution in [0, 0.1) is 0 Å². The van der Waals surface area contributed by atoms with Crippen molar-refractivity contribution in [2.24, 2.45) is 0 Å². The maximum atomic E-state index is 12.3. The van der Waals surface area contributed by atoms with E-state index in [4.69, 9.17) is 0 Å². The van der Waals surface area contributed by atoms with Gasteiger partial charge in [-0.1, -0.05) is 12.8 Å². The molecular formula is C14H28ClN3O. The lowest BCUT2D eigenvalue weighted by Gasteiger charge is -2.36. The first kappa shape index (κ1) is 16.7. The van der Waals surface area contributed by atoms with Crippen LogP contribution in [0.25, 0.3) is 0 Å². The largest absolute Gasteiger partial charge is 0.342 e. The first-order valence-corrected chi connectivity index (χ1v) is 7.41. The molecule has 2 aliphatic rings. The summed E-state index contributed by atoms with van der Waals surface area (Å²) < 4.78 is 0. The quantitative estimate of drug-likeness (QED) is 0.837. The molecule has 2 aliphatic heterocycles. The Bertz CT molecular complexity index is 270. The Morgan fingerprint density at radius 3 is 2.11 bits per heavy atom. The van der Waals surface area contributed by atoms with Gasteiger partial charge in [0.05, 0.1) is 6.54 Å². The van der Waals surface area contributed by atoms with Crippen LogP contribution in [-0.4, -0.2) is 60.5 Å². The van der Waals surface area contributed by atoms with Crippen molar-refractivity contribution in [2.45, 2.75) is 51.6 Å². The van der Waals surface area contributed by atoms with E-state index in [2.05, 4.69) is 29.0 Å². The van der Waals surface area contributed by atoms with Gasteiger partial charge < -0.3 is 10.2 Å². The third-order valence-electron chi connectivity index (χ3n) is 3.95. The molecule has 0 aromatic carbocycles. The number of nitrogens with one attached hydrogen (secondary N) is 1. The molecular weight excluding hydrogens is 262 g/mol. The number of likely N-dealkylation sites (tertiary alicyclic amines) is 1. The molecule has 0 saturated carbocycles. The second kappa shape index (κ2) is 8.08. The van der Waals surface area contributed by atoms with E-state index in [1.807, 2.05) is 0 Å². The number of hydrogen-bond donors (Lipinski definition) is 1. The highest BCUT2D eigenvalue weighted by molar-refractivity contribution is 5.85. The molecule has 2 heterocycles. The SMILES string of the molecule is CC1CN(CC(=O)N2CCCCCC2)CC(C)N1.Cl. The maximum absolute atomic E-state index is 12.3. The van der Waals surface area contributed by atoms with Crippen molar-refractivity contribution in [3.63, 3.8) is 0 Å². The summed E-state index contributed by atoms with van der Waals surface area (Å²) in [5, 5.41) is 3.51. The van der Waals surface area contributed by atoms with Gasteiger partial charge in [0.1, 0.15) is 0 Å². The van der Waals surface area contributed by atoms with E-state index in [0.29, 0.717) is 24.5 Å². The number of halogens is 1. The van der Waals surface area contributed by atoms with E-state index in [0.717, 1.165) is 26.2 Å². The fourth-order valence-electron chi connectivity index (χ4n) is 3.18. The van der Waals surface area contributed by atoms with Crippen LogP contribution in [0.2, 0.25) is 0 Å². The van der Waals surface area contributed by atoms with Gasteiger partial charge in [-0.3, -0.25) is 9.69 Å². The van der Waals surface area contributed by atoms with Gasteiger partial charge in [-0.05, 0) is 26.7 Å². The van der Waals surface area contributed by atoms with Crippen LogP contribution >= 0.6 is 12.4 Å². The Hall–Kier alpha value is -0.320. The Morgan fingerprint density at radius 1 is 1.05 bits per heavy atom. The summed E-state index contributed by atoms with van der Waals surface area (Å²) in [4.78, 5) is 16.7. The summed E-state index contributed by atoms with van der Waals surface area (Å²) >= 11 is 0. The molecule has 0 spiro atoms. The molecule has 2 rings (SSSR count). The monoisotopic (exact) mass is 289 g/mol. The maximum Gasteiger partial charge on any atom is 0.236 e. The van der Waals surface area contributed by atoms with Crippen LogP contribution < -0.4 is 5.32 Å². The van der Waals surface area contributed by atoms with Crippen LogP contribution in [0.1, 0.15) is 39.5 Å². The highest BCUT2D eigenvalue weighted by atomic mass is 35.5. The fraction of sp³-hybridized carbons (Fsp3) is 0.929. The molecule has 0 aromatic heterocycles. The summed E-state index contributed by atoms with van der Waals surface area (Å²) in [5.41, 5.74) is 0. The van der Waals surface area contributed by atoms with Crippen LogP contribution in [0.15, 0.2) is 0 Å². The van der Waals surface area contributed by atoms with Crippen molar-refractivity contribution < 1.29 is 4.79 Å². The van der Waals surface area contributed by atoms with Crippen LogP contribution in [0.3, 0.4) is 0 Å². The fourth-order valence-corrected chi connectivity index (χ4v) is 3.18. The normalized spacial score (nSPS) is 29.5. The molecule has 2 unspecified atom stereocenters. The summed E-state index contributed by atoms with van der Waals surface area (Å²) in [6.07, 6.45) is 4.93. The molecule has 112 valence electrons. The molecule has 0 aliphatic carbocycles. The van der Waals surface area contributed by atoms with Gasteiger partial charge in [0, 0.05) is 38.3 Å². The summed E-state index contributed by atoms with van der Waals surface area (Å²) in [6, 6.07) is 0.983. The number of hydrogen-bond acceptors (Lipinski definition) is 3. The van der Waals surface area contributed by atoms with E-state index in [1.54, 1.807) is 0 Å². The van der Waals surface area contributed by atoms with Crippen molar-refractivity contribution in [1.29, 1.82) is 0 Å². The summed E-state index contributed by atoms with van der Waals surface area (Å²) in [5.74, 6) is 0.332. The minimum Gasteiger partial charge on any atom is -0.342 e. The Morgan fingerprint density at radius 2 is 1.58 bits per heavy atom. The number of amides is 1. The van der Waals surface area contributed by atoms with Crippen molar-refractivity contribution in [1.82, 2.24) is 15.1 Å². The Kier molecular flexibility index (Phi) is 7.11. The lowest BCUT2D eigenvalue weighted by molar-refractivity contribution is -0.132. The lowest BCUT2D eigenvalue weighted by Crippen LogP contribution is -2.56. The highest BCUT2D eigenvalue weighted by Gasteiger charge is 2.24. The van der Waals surface area contributed by atoms with E-state index >= 15 is 0 Å². The molecule has 0 radical (unpaired) electrons. The lowest BCUT2D eigenvalue weighted by atomic mass is 10.1. The van der Waals surface area contributed by atoms with Gasteiger partial charge in [-0.25, -0.2) is 0 Å². The first-order chi connectivity index (χ1) is 8.65. The molecule has 0 bridgehead atoms. The zero-order valence-corrected chi connectivity index (χ0v) is 13.0. The molecule has 1 amide bonds. The van der Waals surface area contributed by atoms with Gasteiger partial charge in [-0.15, -0.1) is 12.4 Å². The van der Waals surface area contributed by atoms with Gasteiger partial charge in [0.25, 0.3) is 0 Å². The predicted molar refractivity (Wildman–Crippen MR) is 80.8 cm³/mol. The van der Waals surface area contributed by atoms with Crippen molar-refractivity contribution in [2.75, 3.05) is 32.7 Å². The second-order valence-electron chi connectivity index (χ2n) is 5.96. The van der Waals surface area contributed by atoms with E-state index < -0.39 is 0 Å². The molecule has 4 nitrogen and oxygen atoms in total. The van der Waals surface area contributed by atoms with Gasteiger partial charge in [0.2, 0.25) is 5.91 Å². The number of carbonyl (C=O) groups excluding carboxylic acids is 1. The van der Waals surface area contributed by atoms with Gasteiger partial charge in [0.15, 0.2) is 0 Å². The average molecular weight is 290 g/mol. The van der Waals surface area contributed by atoms with Crippen molar-refractivity contribution >= 4 is 18.3 Å². The number of nitrogens with zero attached hydrogens (tertiary/aromatic N) is 2. The third-order valence-corrected chi connectivity index (χ3v) is 3.95. The Balaban J connectivity index is 0.00000180. The molecule has 19 heavy (non-hydrogen) atoms. The summed E-state index contributed by atoms with van der Waals surface area (Å²) in [6.45, 7) is 8.91. The average Bonchev–Trinajstić information content (AvgIpc) is 2.55. The zero-order chi connectivity index (χ0) is 13.0. The van der Waals surface area contributed by atoms with E-state index in [1.165, 1.54) is 25.7 Å². The molecule has 0 aromatic rings. The highest BCUT2D eigenvalue weighted by Crippen LogP contribution is 2.11. The van der Waals surface area contributed by atoms with Crippen LogP contribution in [0.5, 0.6) is 0 Å².